The molecule has 22 heavy (non-hydrogen) atoms. The van der Waals surface area contributed by atoms with Gasteiger partial charge in [0.25, 0.3) is 0 Å². The van der Waals surface area contributed by atoms with Crippen LogP contribution in [-0.4, -0.2) is 6.10 Å². The van der Waals surface area contributed by atoms with Crippen LogP contribution in [0.2, 0.25) is 0 Å². The van der Waals surface area contributed by atoms with Gasteiger partial charge in [0.2, 0.25) is 0 Å². The van der Waals surface area contributed by atoms with Crippen LogP contribution in [0.1, 0.15) is 58.6 Å². The number of rotatable bonds is 8. The van der Waals surface area contributed by atoms with E-state index in [0.717, 1.165) is 40.2 Å². The standard InChI is InChI=1S/C20H28OS/c1-8-15(6)22-16(7)18-11-17(14(4)5)12-20(13-18)21-19(9-2)10-3/h8,11-13,19H,4,7,9-10H2,1-3,5-6H3/b15-8-. The molecule has 0 aromatic heterocycles. The minimum absolute atomic E-state index is 0.256. The summed E-state index contributed by atoms with van der Waals surface area (Å²) in [4.78, 5) is 2.28. The normalized spacial score (nSPS) is 11.6. The average Bonchev–Trinajstić information content (AvgIpc) is 2.51. The van der Waals surface area contributed by atoms with E-state index in [2.05, 4.69) is 58.2 Å². The number of thioether (sulfide) groups is 1. The van der Waals surface area contributed by atoms with E-state index in [0.29, 0.717) is 0 Å². The van der Waals surface area contributed by atoms with Crippen molar-refractivity contribution in [2.75, 3.05) is 0 Å². The minimum Gasteiger partial charge on any atom is -0.490 e. The second-order valence-corrected chi connectivity index (χ2v) is 6.85. The molecule has 0 fully saturated rings. The van der Waals surface area contributed by atoms with Gasteiger partial charge < -0.3 is 4.74 Å². The minimum atomic E-state index is 0.256. The highest BCUT2D eigenvalue weighted by molar-refractivity contribution is 8.11. The first-order valence-corrected chi connectivity index (χ1v) is 8.70. The van der Waals surface area contributed by atoms with Gasteiger partial charge in [-0.1, -0.05) is 50.4 Å². The first kappa shape index (κ1) is 18.6. The van der Waals surface area contributed by atoms with Crippen molar-refractivity contribution in [1.29, 1.82) is 0 Å². The highest BCUT2D eigenvalue weighted by atomic mass is 32.2. The molecule has 0 atom stereocenters. The Kier molecular flexibility index (Phi) is 7.53. The molecule has 0 heterocycles. The predicted molar refractivity (Wildman–Crippen MR) is 102 cm³/mol. The van der Waals surface area contributed by atoms with Gasteiger partial charge in [-0.05, 0) is 67.8 Å². The molecule has 0 saturated heterocycles. The van der Waals surface area contributed by atoms with Crippen LogP contribution in [0.3, 0.4) is 0 Å². The molecule has 1 aromatic rings. The molecule has 120 valence electrons. The molecule has 0 saturated carbocycles. The molecule has 1 nitrogen and oxygen atoms in total. The number of benzene rings is 1. The quantitative estimate of drug-likeness (QED) is 0.515. The zero-order valence-electron chi connectivity index (χ0n) is 14.5. The largest absolute Gasteiger partial charge is 0.490 e. The zero-order valence-corrected chi connectivity index (χ0v) is 15.3. The molecule has 0 radical (unpaired) electrons. The Morgan fingerprint density at radius 1 is 1.14 bits per heavy atom. The van der Waals surface area contributed by atoms with E-state index < -0.39 is 0 Å². The molecule has 1 aromatic carbocycles. The van der Waals surface area contributed by atoms with Gasteiger partial charge in [0, 0.05) is 4.91 Å². The van der Waals surface area contributed by atoms with Gasteiger partial charge in [0.1, 0.15) is 5.75 Å². The first-order chi connectivity index (χ1) is 10.4. The third kappa shape index (κ3) is 5.42. The Hall–Kier alpha value is -1.41. The van der Waals surface area contributed by atoms with E-state index in [9.17, 15) is 0 Å². The maximum absolute atomic E-state index is 6.12. The van der Waals surface area contributed by atoms with Crippen molar-refractivity contribution in [1.82, 2.24) is 0 Å². The van der Waals surface area contributed by atoms with Crippen LogP contribution >= 0.6 is 11.8 Å². The lowest BCUT2D eigenvalue weighted by Gasteiger charge is -2.18. The SMILES string of the molecule is C=C(C)c1cc(OC(CC)CC)cc(C(=C)S/C(C)=C\C)c1. The molecule has 1 rings (SSSR count). The molecular formula is C20H28OS. The summed E-state index contributed by atoms with van der Waals surface area (Å²) in [5.41, 5.74) is 3.25. The molecule has 0 aliphatic carbocycles. The van der Waals surface area contributed by atoms with E-state index in [-0.39, 0.29) is 6.10 Å². The fraction of sp³-hybridized carbons (Fsp3) is 0.400. The third-order valence-corrected chi connectivity index (χ3v) is 4.67. The number of allylic oxidation sites excluding steroid dienone is 3. The predicted octanol–water partition coefficient (Wildman–Crippen LogP) is 6.91. The number of ether oxygens (including phenoxy) is 1. The Balaban J connectivity index is 3.14. The van der Waals surface area contributed by atoms with Crippen LogP contribution in [0.15, 0.2) is 42.3 Å². The maximum Gasteiger partial charge on any atom is 0.120 e. The Labute approximate surface area is 140 Å². The Bertz CT molecular complexity index is 565. The van der Waals surface area contributed by atoms with Crippen molar-refractivity contribution in [2.45, 2.75) is 53.6 Å². The fourth-order valence-electron chi connectivity index (χ4n) is 2.03. The molecule has 0 bridgehead atoms. The van der Waals surface area contributed by atoms with Gasteiger partial charge in [-0.2, -0.15) is 0 Å². The van der Waals surface area contributed by atoms with Crippen LogP contribution in [0, 0.1) is 0 Å². The van der Waals surface area contributed by atoms with E-state index in [1.54, 1.807) is 11.8 Å². The Morgan fingerprint density at radius 3 is 2.23 bits per heavy atom. The summed E-state index contributed by atoms with van der Waals surface area (Å²) in [6.07, 6.45) is 4.37. The van der Waals surface area contributed by atoms with Crippen LogP contribution < -0.4 is 4.74 Å². The van der Waals surface area contributed by atoms with Crippen LogP contribution in [0.5, 0.6) is 5.75 Å². The molecule has 0 N–H and O–H groups in total. The average molecular weight is 317 g/mol. The maximum atomic E-state index is 6.12. The molecule has 0 aliphatic rings. The summed E-state index contributed by atoms with van der Waals surface area (Å²) >= 11 is 1.69. The zero-order chi connectivity index (χ0) is 16.7. The van der Waals surface area contributed by atoms with E-state index in [1.807, 2.05) is 13.8 Å². The van der Waals surface area contributed by atoms with Crippen LogP contribution in [-0.2, 0) is 0 Å². The van der Waals surface area contributed by atoms with E-state index in [4.69, 9.17) is 4.74 Å². The summed E-state index contributed by atoms with van der Waals surface area (Å²) in [5.74, 6) is 0.907. The second kappa shape index (κ2) is 8.89. The lowest BCUT2D eigenvalue weighted by atomic mass is 10.0. The molecular weight excluding hydrogens is 288 g/mol. The van der Waals surface area contributed by atoms with Crippen molar-refractivity contribution >= 4 is 22.2 Å². The van der Waals surface area contributed by atoms with Crippen molar-refractivity contribution in [2.24, 2.45) is 0 Å². The van der Waals surface area contributed by atoms with E-state index in [1.165, 1.54) is 4.91 Å². The molecule has 2 heteroatoms. The molecule has 0 amide bonds. The van der Waals surface area contributed by atoms with Crippen LogP contribution in [0.25, 0.3) is 10.5 Å². The summed E-state index contributed by atoms with van der Waals surface area (Å²) in [6, 6.07) is 6.30. The van der Waals surface area contributed by atoms with E-state index >= 15 is 0 Å². The summed E-state index contributed by atoms with van der Waals surface area (Å²) < 4.78 is 6.12. The Morgan fingerprint density at radius 2 is 1.73 bits per heavy atom. The highest BCUT2D eigenvalue weighted by Gasteiger charge is 2.10. The number of hydrogen-bond acceptors (Lipinski definition) is 2. The molecule has 0 spiro atoms. The lowest BCUT2D eigenvalue weighted by Crippen LogP contribution is -2.13. The summed E-state index contributed by atoms with van der Waals surface area (Å²) in [6.45, 7) is 18.7. The fourth-order valence-corrected chi connectivity index (χ4v) is 2.78. The van der Waals surface area contributed by atoms with Crippen molar-refractivity contribution in [3.05, 3.63) is 53.5 Å². The van der Waals surface area contributed by atoms with Crippen molar-refractivity contribution in [3.63, 3.8) is 0 Å². The summed E-state index contributed by atoms with van der Waals surface area (Å²) in [7, 11) is 0. The van der Waals surface area contributed by atoms with Gasteiger partial charge in [0.05, 0.1) is 6.10 Å². The van der Waals surface area contributed by atoms with Crippen molar-refractivity contribution in [3.8, 4) is 5.75 Å². The lowest BCUT2D eigenvalue weighted by molar-refractivity contribution is 0.193. The topological polar surface area (TPSA) is 9.23 Å². The van der Waals surface area contributed by atoms with Gasteiger partial charge in [-0.3, -0.25) is 0 Å². The number of hydrogen-bond donors (Lipinski definition) is 0. The van der Waals surface area contributed by atoms with Gasteiger partial charge >= 0.3 is 0 Å². The van der Waals surface area contributed by atoms with Gasteiger partial charge in [-0.15, -0.1) is 0 Å². The molecule has 0 aliphatic heterocycles. The summed E-state index contributed by atoms with van der Waals surface area (Å²) in [5, 5.41) is 0. The smallest absolute Gasteiger partial charge is 0.120 e. The molecule has 0 unspecified atom stereocenters. The van der Waals surface area contributed by atoms with Crippen LogP contribution in [0.4, 0.5) is 0 Å². The second-order valence-electron chi connectivity index (χ2n) is 5.51. The first-order valence-electron chi connectivity index (χ1n) is 7.88. The third-order valence-electron chi connectivity index (χ3n) is 3.63. The monoisotopic (exact) mass is 316 g/mol. The van der Waals surface area contributed by atoms with Gasteiger partial charge in [0.15, 0.2) is 0 Å². The highest BCUT2D eigenvalue weighted by Crippen LogP contribution is 2.35. The van der Waals surface area contributed by atoms with Crippen molar-refractivity contribution < 1.29 is 4.74 Å². The van der Waals surface area contributed by atoms with Gasteiger partial charge in [-0.25, -0.2) is 0 Å².